The van der Waals surface area contributed by atoms with Crippen molar-refractivity contribution in [1.82, 2.24) is 4.57 Å². The summed E-state index contributed by atoms with van der Waals surface area (Å²) in [5.41, 5.74) is 19.5. The van der Waals surface area contributed by atoms with Gasteiger partial charge in [-0.3, -0.25) is 0 Å². The molecule has 0 aliphatic heterocycles. The van der Waals surface area contributed by atoms with Crippen molar-refractivity contribution in [3.63, 3.8) is 0 Å². The Labute approximate surface area is 377 Å². The minimum atomic E-state index is -0.429. The standard InChI is InChI=1S/C63H40N2/c1-3-17-48-43(14-1)16-13-27-60(48)64(47-37-39-53-52-21-7-11-25-58(52)63(59(53)40-47)56-23-9-5-19-50(56)51-20-6-10-24-57(51)63)45-33-28-41(29-34-45)42-30-35-46(36-31-42)65-61-26-12-8-22-54(61)55-38-32-44-15-2-4-18-49(44)62(55)65/h1-40H. The number of nitrogens with zero attached hydrogens (tertiary/aromatic N) is 2. The average Bonchev–Trinajstić information content (AvgIpc) is 3.99. The third-order valence-corrected chi connectivity index (χ3v) is 14.4. The molecule has 0 atom stereocenters. The molecule has 11 aromatic carbocycles. The molecule has 1 spiro atoms. The predicted octanol–water partition coefficient (Wildman–Crippen LogP) is 16.6. The number of rotatable bonds is 5. The monoisotopic (exact) mass is 824 g/mol. The van der Waals surface area contributed by atoms with E-state index in [0.717, 1.165) is 22.7 Å². The summed E-state index contributed by atoms with van der Waals surface area (Å²) in [6.07, 6.45) is 0. The quantitative estimate of drug-likeness (QED) is 0.168. The van der Waals surface area contributed by atoms with Gasteiger partial charge in [-0.05, 0) is 115 Å². The summed E-state index contributed by atoms with van der Waals surface area (Å²) in [6.45, 7) is 0. The van der Waals surface area contributed by atoms with Gasteiger partial charge in [-0.15, -0.1) is 0 Å². The summed E-state index contributed by atoms with van der Waals surface area (Å²) < 4.78 is 2.43. The molecule has 0 amide bonds. The molecule has 0 saturated carbocycles. The lowest BCUT2D eigenvalue weighted by atomic mass is 9.70. The topological polar surface area (TPSA) is 8.17 Å². The number of benzene rings is 11. The molecule has 0 bridgehead atoms. The summed E-state index contributed by atoms with van der Waals surface area (Å²) in [6, 6.07) is 90.0. The maximum atomic E-state index is 2.49. The van der Waals surface area contributed by atoms with Gasteiger partial charge in [0.2, 0.25) is 0 Å². The van der Waals surface area contributed by atoms with E-state index in [1.54, 1.807) is 0 Å². The van der Waals surface area contributed by atoms with Gasteiger partial charge in [0.1, 0.15) is 0 Å². The zero-order valence-corrected chi connectivity index (χ0v) is 35.5. The maximum absolute atomic E-state index is 2.49. The van der Waals surface area contributed by atoms with Crippen LogP contribution in [0, 0.1) is 0 Å². The van der Waals surface area contributed by atoms with Crippen molar-refractivity contribution >= 4 is 60.4 Å². The van der Waals surface area contributed by atoms with Crippen LogP contribution in [0.3, 0.4) is 0 Å². The van der Waals surface area contributed by atoms with Gasteiger partial charge < -0.3 is 9.47 Å². The average molecular weight is 825 g/mol. The molecule has 0 unspecified atom stereocenters. The highest BCUT2D eigenvalue weighted by molar-refractivity contribution is 6.18. The molecule has 0 saturated heterocycles. The molecule has 0 fully saturated rings. The molecule has 0 N–H and O–H groups in total. The molecular formula is C63H40N2. The van der Waals surface area contributed by atoms with Crippen molar-refractivity contribution in [3.05, 3.63) is 265 Å². The van der Waals surface area contributed by atoms with Crippen molar-refractivity contribution in [3.8, 4) is 39.1 Å². The molecule has 65 heavy (non-hydrogen) atoms. The maximum Gasteiger partial charge on any atom is 0.0726 e. The van der Waals surface area contributed by atoms with E-state index in [1.807, 2.05) is 0 Å². The number of fused-ring (bicyclic) bond motifs is 16. The third-order valence-electron chi connectivity index (χ3n) is 14.4. The van der Waals surface area contributed by atoms with Crippen LogP contribution in [0.2, 0.25) is 0 Å². The molecule has 1 heterocycles. The molecule has 2 aliphatic carbocycles. The third kappa shape index (κ3) is 5.05. The highest BCUT2D eigenvalue weighted by atomic mass is 15.1. The normalized spacial score (nSPS) is 13.0. The van der Waals surface area contributed by atoms with Gasteiger partial charge in [-0.1, -0.05) is 194 Å². The zero-order chi connectivity index (χ0) is 42.6. The lowest BCUT2D eigenvalue weighted by Gasteiger charge is -2.32. The second kappa shape index (κ2) is 13.8. The first-order valence-corrected chi connectivity index (χ1v) is 22.6. The predicted molar refractivity (Wildman–Crippen MR) is 272 cm³/mol. The largest absolute Gasteiger partial charge is 0.310 e. The van der Waals surface area contributed by atoms with Crippen LogP contribution in [-0.4, -0.2) is 4.57 Å². The Bertz CT molecular complexity index is 3820. The van der Waals surface area contributed by atoms with Crippen molar-refractivity contribution in [2.75, 3.05) is 4.90 Å². The molecule has 2 aliphatic rings. The van der Waals surface area contributed by atoms with Crippen molar-refractivity contribution < 1.29 is 0 Å². The minimum absolute atomic E-state index is 0.429. The number of hydrogen-bond acceptors (Lipinski definition) is 1. The van der Waals surface area contributed by atoms with Gasteiger partial charge in [-0.25, -0.2) is 0 Å². The fourth-order valence-electron chi connectivity index (χ4n) is 11.7. The first-order valence-electron chi connectivity index (χ1n) is 22.6. The summed E-state index contributed by atoms with van der Waals surface area (Å²) in [5, 5.41) is 7.48. The Morgan fingerprint density at radius 2 is 0.831 bits per heavy atom. The summed E-state index contributed by atoms with van der Waals surface area (Å²) in [5.74, 6) is 0. The van der Waals surface area contributed by atoms with Crippen LogP contribution in [-0.2, 0) is 5.41 Å². The molecule has 2 heteroatoms. The lowest BCUT2D eigenvalue weighted by Crippen LogP contribution is -2.26. The summed E-state index contributed by atoms with van der Waals surface area (Å²) in [7, 11) is 0. The molecule has 14 rings (SSSR count). The minimum Gasteiger partial charge on any atom is -0.310 e. The Morgan fingerprint density at radius 3 is 1.51 bits per heavy atom. The lowest BCUT2D eigenvalue weighted by molar-refractivity contribution is 0.793. The molecule has 2 nitrogen and oxygen atoms in total. The molecule has 302 valence electrons. The van der Waals surface area contributed by atoms with E-state index in [-0.39, 0.29) is 0 Å². The number of aromatic nitrogens is 1. The Balaban J connectivity index is 0.912. The van der Waals surface area contributed by atoms with Crippen LogP contribution in [0.4, 0.5) is 17.1 Å². The molecule has 0 radical (unpaired) electrons. The fourth-order valence-corrected chi connectivity index (χ4v) is 11.7. The Morgan fingerprint density at radius 1 is 0.323 bits per heavy atom. The highest BCUT2D eigenvalue weighted by Crippen LogP contribution is 2.63. The van der Waals surface area contributed by atoms with Crippen LogP contribution in [0.25, 0.3) is 82.4 Å². The van der Waals surface area contributed by atoms with E-state index in [1.165, 1.54) is 99.0 Å². The molecule has 1 aromatic heterocycles. The first kappa shape index (κ1) is 36.1. The van der Waals surface area contributed by atoms with Crippen LogP contribution in [0.5, 0.6) is 0 Å². The van der Waals surface area contributed by atoms with Gasteiger partial charge in [0.05, 0.1) is 22.1 Å². The van der Waals surface area contributed by atoms with Crippen LogP contribution in [0.1, 0.15) is 22.3 Å². The Kier molecular flexibility index (Phi) is 7.64. The number of anilines is 3. The van der Waals surface area contributed by atoms with Crippen LogP contribution < -0.4 is 4.90 Å². The Hall–Kier alpha value is -8.46. The highest BCUT2D eigenvalue weighted by Gasteiger charge is 2.51. The van der Waals surface area contributed by atoms with Gasteiger partial charge in [0.15, 0.2) is 0 Å². The van der Waals surface area contributed by atoms with E-state index >= 15 is 0 Å². The van der Waals surface area contributed by atoms with E-state index < -0.39 is 5.41 Å². The second-order valence-corrected chi connectivity index (χ2v) is 17.6. The van der Waals surface area contributed by atoms with E-state index in [9.17, 15) is 0 Å². The van der Waals surface area contributed by atoms with E-state index in [2.05, 4.69) is 252 Å². The van der Waals surface area contributed by atoms with Crippen molar-refractivity contribution in [1.29, 1.82) is 0 Å². The fraction of sp³-hybridized carbons (Fsp3) is 0.0159. The van der Waals surface area contributed by atoms with Crippen molar-refractivity contribution in [2.45, 2.75) is 5.41 Å². The smallest absolute Gasteiger partial charge is 0.0726 e. The molecule has 12 aromatic rings. The number of para-hydroxylation sites is 1. The van der Waals surface area contributed by atoms with Gasteiger partial charge in [0.25, 0.3) is 0 Å². The van der Waals surface area contributed by atoms with Crippen molar-refractivity contribution in [2.24, 2.45) is 0 Å². The first-order chi connectivity index (χ1) is 32.3. The number of hydrogen-bond donors (Lipinski definition) is 0. The van der Waals surface area contributed by atoms with Gasteiger partial charge >= 0.3 is 0 Å². The van der Waals surface area contributed by atoms with Gasteiger partial charge in [0, 0.05) is 38.6 Å². The van der Waals surface area contributed by atoms with Gasteiger partial charge in [-0.2, -0.15) is 0 Å². The van der Waals surface area contributed by atoms with Crippen LogP contribution in [0.15, 0.2) is 243 Å². The van der Waals surface area contributed by atoms with E-state index in [0.29, 0.717) is 0 Å². The van der Waals surface area contributed by atoms with Crippen LogP contribution >= 0.6 is 0 Å². The second-order valence-electron chi connectivity index (χ2n) is 17.6. The summed E-state index contributed by atoms with van der Waals surface area (Å²) in [4.78, 5) is 2.46. The molecular weight excluding hydrogens is 785 g/mol. The summed E-state index contributed by atoms with van der Waals surface area (Å²) >= 11 is 0. The van der Waals surface area contributed by atoms with E-state index in [4.69, 9.17) is 0 Å². The SMILES string of the molecule is c1ccc2c(c1)-c1ccccc1C21c2ccccc2-c2ccc(N(c3ccc(-c4ccc(-n5c6ccccc6c6ccc7ccccc7c65)cc4)cc3)c3cccc4ccccc34)cc21. The zero-order valence-electron chi connectivity index (χ0n) is 35.5.